The maximum atomic E-state index is 11.7. The van der Waals surface area contributed by atoms with Crippen molar-refractivity contribution in [3.05, 3.63) is 35.8 Å². The molecule has 0 spiro atoms. The van der Waals surface area contributed by atoms with E-state index in [0.29, 0.717) is 18.4 Å². The minimum absolute atomic E-state index is 0.0743. The van der Waals surface area contributed by atoms with E-state index in [2.05, 4.69) is 0 Å². The Morgan fingerprint density at radius 2 is 2.11 bits per heavy atom. The second kappa shape index (κ2) is 6.94. The molecule has 0 aliphatic heterocycles. The number of Topliss-reactive ketones (excluding diaryl/α,β-unsaturated/α-hetero) is 1. The van der Waals surface area contributed by atoms with Gasteiger partial charge in [-0.25, -0.2) is 0 Å². The van der Waals surface area contributed by atoms with Crippen LogP contribution < -0.4 is 0 Å². The molecule has 3 nitrogen and oxygen atoms in total. The third-order valence-corrected chi connectivity index (χ3v) is 2.71. The fourth-order valence-electron chi connectivity index (χ4n) is 1.77. The van der Waals surface area contributed by atoms with Crippen LogP contribution in [0.15, 0.2) is 34.7 Å². The highest BCUT2D eigenvalue weighted by Gasteiger charge is 2.12. The van der Waals surface area contributed by atoms with E-state index in [1.165, 1.54) is 12.5 Å². The van der Waals surface area contributed by atoms with Crippen molar-refractivity contribution in [1.82, 2.24) is 0 Å². The van der Waals surface area contributed by atoms with Crippen molar-refractivity contribution < 1.29 is 14.0 Å². The van der Waals surface area contributed by atoms with Gasteiger partial charge in [-0.15, -0.1) is 0 Å². The van der Waals surface area contributed by atoms with E-state index in [1.54, 1.807) is 12.1 Å². The third-order valence-electron chi connectivity index (χ3n) is 2.71. The molecule has 0 aromatic carbocycles. The largest absolute Gasteiger partial charge is 0.472 e. The monoisotopic (exact) mass is 248 g/mol. The van der Waals surface area contributed by atoms with E-state index < -0.39 is 0 Å². The fraction of sp³-hybridized carbons (Fsp3) is 0.467. The Kier molecular flexibility index (Phi) is 5.56. The summed E-state index contributed by atoms with van der Waals surface area (Å²) in [6.07, 6.45) is 6.31. The van der Waals surface area contributed by atoms with Gasteiger partial charge in [-0.3, -0.25) is 9.59 Å². The summed E-state index contributed by atoms with van der Waals surface area (Å²) in [7, 11) is 0. The molecule has 0 N–H and O–H groups in total. The van der Waals surface area contributed by atoms with Gasteiger partial charge in [0.15, 0.2) is 11.6 Å². The smallest absolute Gasteiger partial charge is 0.166 e. The van der Waals surface area contributed by atoms with Gasteiger partial charge < -0.3 is 4.42 Å². The SMILES string of the molecule is CC(C)=CC(=O)CC(C)CCC(=O)c1ccoc1. The van der Waals surface area contributed by atoms with Crippen LogP contribution in [0.1, 0.15) is 50.4 Å². The summed E-state index contributed by atoms with van der Waals surface area (Å²) in [5.41, 5.74) is 1.62. The van der Waals surface area contributed by atoms with Gasteiger partial charge in [0.05, 0.1) is 11.8 Å². The Bertz CT molecular complexity index is 423. The van der Waals surface area contributed by atoms with Crippen molar-refractivity contribution in [3.63, 3.8) is 0 Å². The zero-order valence-electron chi connectivity index (χ0n) is 11.2. The van der Waals surface area contributed by atoms with Crippen LogP contribution in [0.25, 0.3) is 0 Å². The predicted molar refractivity (Wildman–Crippen MR) is 70.5 cm³/mol. The van der Waals surface area contributed by atoms with Crippen LogP contribution in [0.5, 0.6) is 0 Å². The topological polar surface area (TPSA) is 47.3 Å². The maximum absolute atomic E-state index is 11.7. The van der Waals surface area contributed by atoms with Gasteiger partial charge in [-0.1, -0.05) is 12.5 Å². The summed E-state index contributed by atoms with van der Waals surface area (Å²) in [6, 6.07) is 1.67. The molecule has 1 heterocycles. The van der Waals surface area contributed by atoms with Crippen LogP contribution in [-0.4, -0.2) is 11.6 Å². The van der Waals surface area contributed by atoms with Crippen LogP contribution in [0.4, 0.5) is 0 Å². The normalized spacial score (nSPS) is 11.9. The number of hydrogen-bond acceptors (Lipinski definition) is 3. The van der Waals surface area contributed by atoms with E-state index in [9.17, 15) is 9.59 Å². The lowest BCUT2D eigenvalue weighted by atomic mass is 9.96. The zero-order valence-corrected chi connectivity index (χ0v) is 11.2. The van der Waals surface area contributed by atoms with Crippen molar-refractivity contribution in [2.24, 2.45) is 5.92 Å². The first-order valence-corrected chi connectivity index (χ1v) is 6.22. The molecule has 98 valence electrons. The maximum Gasteiger partial charge on any atom is 0.166 e. The first-order chi connectivity index (χ1) is 8.49. The van der Waals surface area contributed by atoms with Gasteiger partial charge in [-0.2, -0.15) is 0 Å². The standard InChI is InChI=1S/C15H20O3/c1-11(2)8-14(16)9-12(3)4-5-15(17)13-6-7-18-10-13/h6-8,10,12H,4-5,9H2,1-3H3. The van der Waals surface area contributed by atoms with Crippen LogP contribution in [0, 0.1) is 5.92 Å². The van der Waals surface area contributed by atoms with E-state index in [0.717, 1.165) is 12.0 Å². The number of hydrogen-bond donors (Lipinski definition) is 0. The lowest BCUT2D eigenvalue weighted by molar-refractivity contribution is -0.115. The highest BCUT2D eigenvalue weighted by atomic mass is 16.3. The van der Waals surface area contributed by atoms with Crippen molar-refractivity contribution >= 4 is 11.6 Å². The lowest BCUT2D eigenvalue weighted by Crippen LogP contribution is -2.06. The highest BCUT2D eigenvalue weighted by Crippen LogP contribution is 2.15. The van der Waals surface area contributed by atoms with Gasteiger partial charge in [0.1, 0.15) is 6.26 Å². The van der Waals surface area contributed by atoms with Crippen molar-refractivity contribution in [2.45, 2.75) is 40.0 Å². The van der Waals surface area contributed by atoms with Crippen molar-refractivity contribution in [3.8, 4) is 0 Å². The van der Waals surface area contributed by atoms with Gasteiger partial charge in [0.25, 0.3) is 0 Å². The number of rotatable bonds is 7. The molecule has 1 aromatic heterocycles. The van der Waals surface area contributed by atoms with E-state index in [4.69, 9.17) is 4.42 Å². The molecule has 0 radical (unpaired) electrons. The summed E-state index contributed by atoms with van der Waals surface area (Å²) in [4.78, 5) is 23.3. The summed E-state index contributed by atoms with van der Waals surface area (Å²) < 4.78 is 4.87. The molecule has 0 amide bonds. The summed E-state index contributed by atoms with van der Waals surface area (Å²) in [5, 5.41) is 0. The third kappa shape index (κ3) is 5.13. The average Bonchev–Trinajstić information content (AvgIpc) is 2.77. The molecule has 3 heteroatoms. The quantitative estimate of drug-likeness (QED) is 0.544. The Balaban J connectivity index is 2.33. The van der Waals surface area contributed by atoms with Gasteiger partial charge in [0, 0.05) is 12.8 Å². The Hall–Kier alpha value is -1.64. The fourth-order valence-corrected chi connectivity index (χ4v) is 1.77. The number of allylic oxidation sites excluding steroid dienone is 2. The molecule has 0 aliphatic rings. The first-order valence-electron chi connectivity index (χ1n) is 6.22. The highest BCUT2D eigenvalue weighted by molar-refractivity contribution is 5.95. The zero-order chi connectivity index (χ0) is 13.5. The van der Waals surface area contributed by atoms with Crippen molar-refractivity contribution in [1.29, 1.82) is 0 Å². The predicted octanol–water partition coefficient (Wildman–Crippen LogP) is 3.80. The summed E-state index contributed by atoms with van der Waals surface area (Å²) in [6.45, 7) is 5.81. The molecule has 0 fully saturated rings. The van der Waals surface area contributed by atoms with Crippen LogP contribution in [-0.2, 0) is 4.79 Å². The summed E-state index contributed by atoms with van der Waals surface area (Å²) >= 11 is 0. The van der Waals surface area contributed by atoms with E-state index in [-0.39, 0.29) is 17.5 Å². The molecule has 1 rings (SSSR count). The second-order valence-electron chi connectivity index (χ2n) is 4.97. The van der Waals surface area contributed by atoms with Gasteiger partial charge in [0.2, 0.25) is 0 Å². The van der Waals surface area contributed by atoms with E-state index >= 15 is 0 Å². The average molecular weight is 248 g/mol. The molecule has 0 bridgehead atoms. The summed E-state index contributed by atoms with van der Waals surface area (Å²) in [5.74, 6) is 0.437. The number of furan rings is 1. The first kappa shape index (κ1) is 14.4. The molecule has 1 aromatic rings. The van der Waals surface area contributed by atoms with Crippen LogP contribution in [0.2, 0.25) is 0 Å². The molecule has 0 saturated heterocycles. The van der Waals surface area contributed by atoms with Gasteiger partial charge >= 0.3 is 0 Å². The molecular formula is C15H20O3. The number of carbonyl (C=O) groups excluding carboxylic acids is 2. The number of ketones is 2. The molecule has 1 atom stereocenters. The molecule has 1 unspecified atom stereocenters. The number of carbonyl (C=O) groups is 2. The Morgan fingerprint density at radius 3 is 2.67 bits per heavy atom. The van der Waals surface area contributed by atoms with Crippen LogP contribution >= 0.6 is 0 Å². The van der Waals surface area contributed by atoms with E-state index in [1.807, 2.05) is 20.8 Å². The molecule has 0 saturated carbocycles. The van der Waals surface area contributed by atoms with Gasteiger partial charge in [-0.05, 0) is 38.3 Å². The van der Waals surface area contributed by atoms with Crippen LogP contribution in [0.3, 0.4) is 0 Å². The Morgan fingerprint density at radius 1 is 1.39 bits per heavy atom. The van der Waals surface area contributed by atoms with Crippen molar-refractivity contribution in [2.75, 3.05) is 0 Å². The minimum atomic E-state index is 0.0743. The second-order valence-corrected chi connectivity index (χ2v) is 4.97. The Labute approximate surface area is 108 Å². The molecule has 0 aliphatic carbocycles. The lowest BCUT2D eigenvalue weighted by Gasteiger charge is -2.08. The molecule has 18 heavy (non-hydrogen) atoms. The minimum Gasteiger partial charge on any atom is -0.472 e. The molecular weight excluding hydrogens is 228 g/mol.